The van der Waals surface area contributed by atoms with Crippen LogP contribution in [0.4, 0.5) is 10.5 Å². The summed E-state index contributed by atoms with van der Waals surface area (Å²) in [6.07, 6.45) is 0.129. The molecule has 0 aliphatic rings. The van der Waals surface area contributed by atoms with Crippen LogP contribution in [0.2, 0.25) is 0 Å². The molecule has 1 aromatic carbocycles. The molecule has 0 aromatic heterocycles. The predicted octanol–water partition coefficient (Wildman–Crippen LogP) is 3.27. The van der Waals surface area contributed by atoms with Gasteiger partial charge in [0.15, 0.2) is 0 Å². The van der Waals surface area contributed by atoms with E-state index < -0.39 is 16.6 Å². The molecule has 7 heteroatoms. The molecule has 0 heterocycles. The van der Waals surface area contributed by atoms with Crippen LogP contribution in [0, 0.1) is 13.7 Å². The first-order valence-corrected chi connectivity index (χ1v) is 7.16. The van der Waals surface area contributed by atoms with Crippen molar-refractivity contribution in [3.63, 3.8) is 0 Å². The first kappa shape index (κ1) is 16.7. The zero-order chi connectivity index (χ0) is 15.3. The fraction of sp³-hybridized carbons (Fsp3) is 0.462. The minimum Gasteiger partial charge on any atom is -0.444 e. The zero-order valence-corrected chi connectivity index (χ0v) is 13.8. The Kier molecular flexibility index (Phi) is 5.73. The quantitative estimate of drug-likeness (QED) is 0.485. The second-order valence-electron chi connectivity index (χ2n) is 5.21. The number of halogens is 1. The minimum absolute atomic E-state index is 0.0678. The lowest BCUT2D eigenvalue weighted by Gasteiger charge is -2.19. The van der Waals surface area contributed by atoms with E-state index in [0.717, 1.165) is 9.13 Å². The fourth-order valence-corrected chi connectivity index (χ4v) is 2.23. The Hall–Kier alpha value is -1.38. The molecular formula is C13H17IN2O4. The summed E-state index contributed by atoms with van der Waals surface area (Å²) in [5.74, 6) is 0. The van der Waals surface area contributed by atoms with Crippen molar-refractivity contribution in [1.29, 1.82) is 0 Å². The Balaban J connectivity index is 2.51. The van der Waals surface area contributed by atoms with Crippen LogP contribution in [0.1, 0.15) is 26.3 Å². The number of nitro groups is 1. The van der Waals surface area contributed by atoms with Gasteiger partial charge in [-0.25, -0.2) is 4.79 Å². The monoisotopic (exact) mass is 392 g/mol. The van der Waals surface area contributed by atoms with Crippen LogP contribution in [0.3, 0.4) is 0 Å². The summed E-state index contributed by atoms with van der Waals surface area (Å²) in [5, 5.41) is 13.3. The fourth-order valence-electron chi connectivity index (χ4n) is 1.47. The van der Waals surface area contributed by atoms with Gasteiger partial charge < -0.3 is 10.1 Å². The average molecular weight is 392 g/mol. The highest BCUT2D eigenvalue weighted by Crippen LogP contribution is 2.19. The molecule has 0 aliphatic heterocycles. The van der Waals surface area contributed by atoms with Crippen LogP contribution in [-0.2, 0) is 11.2 Å². The van der Waals surface area contributed by atoms with E-state index in [-0.39, 0.29) is 5.69 Å². The molecule has 0 saturated heterocycles. The number of non-ortho nitro benzene ring substituents is 1. The Morgan fingerprint density at radius 3 is 2.60 bits per heavy atom. The van der Waals surface area contributed by atoms with Crippen molar-refractivity contribution in [2.75, 3.05) is 6.54 Å². The first-order valence-electron chi connectivity index (χ1n) is 6.09. The van der Waals surface area contributed by atoms with Gasteiger partial charge in [0.25, 0.3) is 5.69 Å². The topological polar surface area (TPSA) is 81.5 Å². The van der Waals surface area contributed by atoms with Crippen LogP contribution in [0.5, 0.6) is 0 Å². The van der Waals surface area contributed by atoms with Gasteiger partial charge in [-0.2, -0.15) is 0 Å². The first-order chi connectivity index (χ1) is 9.19. The van der Waals surface area contributed by atoms with Gasteiger partial charge in [0.05, 0.1) is 4.92 Å². The number of amides is 1. The molecule has 0 spiro atoms. The van der Waals surface area contributed by atoms with Crippen LogP contribution in [0.15, 0.2) is 18.2 Å². The van der Waals surface area contributed by atoms with E-state index >= 15 is 0 Å². The molecule has 1 aromatic rings. The highest BCUT2D eigenvalue weighted by atomic mass is 127. The number of alkyl carbamates (subject to hydrolysis) is 1. The number of ether oxygens (including phenoxy) is 1. The molecule has 20 heavy (non-hydrogen) atoms. The standard InChI is InChI=1S/C13H17IN2O4/c1-13(2,3)20-12(17)15-7-6-9-4-5-10(16(18)19)8-11(9)14/h4-5,8H,6-7H2,1-3H3,(H,15,17). The van der Waals surface area contributed by atoms with Gasteiger partial charge in [0, 0.05) is 22.2 Å². The van der Waals surface area contributed by atoms with Crippen molar-refractivity contribution >= 4 is 34.4 Å². The maximum atomic E-state index is 11.5. The summed E-state index contributed by atoms with van der Waals surface area (Å²) >= 11 is 2.05. The SMILES string of the molecule is CC(C)(C)OC(=O)NCCc1ccc([N+](=O)[O-])cc1I. The Morgan fingerprint density at radius 1 is 1.45 bits per heavy atom. The largest absolute Gasteiger partial charge is 0.444 e. The molecule has 0 bridgehead atoms. The van der Waals surface area contributed by atoms with E-state index in [9.17, 15) is 14.9 Å². The van der Waals surface area contributed by atoms with Gasteiger partial charge in [0.1, 0.15) is 5.60 Å². The van der Waals surface area contributed by atoms with Gasteiger partial charge >= 0.3 is 6.09 Å². The molecule has 110 valence electrons. The number of hydrogen-bond acceptors (Lipinski definition) is 4. The van der Waals surface area contributed by atoms with E-state index in [1.165, 1.54) is 12.1 Å². The van der Waals surface area contributed by atoms with Crippen LogP contribution >= 0.6 is 22.6 Å². The van der Waals surface area contributed by atoms with Crippen molar-refractivity contribution in [3.8, 4) is 0 Å². The normalized spacial score (nSPS) is 11.0. The molecule has 0 fully saturated rings. The third-order valence-corrected chi connectivity index (χ3v) is 3.31. The molecule has 0 radical (unpaired) electrons. The number of carbonyl (C=O) groups is 1. The van der Waals surface area contributed by atoms with Gasteiger partial charge in [-0.1, -0.05) is 6.07 Å². The molecule has 0 aliphatic carbocycles. The van der Waals surface area contributed by atoms with Crippen LogP contribution in [0.25, 0.3) is 0 Å². The van der Waals surface area contributed by atoms with Gasteiger partial charge in [0.2, 0.25) is 0 Å². The third kappa shape index (κ3) is 5.72. The van der Waals surface area contributed by atoms with Crippen LogP contribution in [-0.4, -0.2) is 23.2 Å². The number of benzene rings is 1. The number of nitro benzene ring substituents is 1. The summed E-state index contributed by atoms with van der Waals surface area (Å²) in [6, 6.07) is 4.69. The number of nitrogens with one attached hydrogen (secondary N) is 1. The lowest BCUT2D eigenvalue weighted by atomic mass is 10.1. The third-order valence-electron chi connectivity index (χ3n) is 2.31. The van der Waals surface area contributed by atoms with E-state index in [0.29, 0.717) is 13.0 Å². The summed E-state index contributed by atoms with van der Waals surface area (Å²) in [6.45, 7) is 5.81. The van der Waals surface area contributed by atoms with Crippen LogP contribution < -0.4 is 5.32 Å². The average Bonchev–Trinajstić information content (AvgIpc) is 2.28. The van der Waals surface area contributed by atoms with Gasteiger partial charge in [-0.15, -0.1) is 0 Å². The highest BCUT2D eigenvalue weighted by Gasteiger charge is 2.15. The van der Waals surface area contributed by atoms with Crippen molar-refractivity contribution in [1.82, 2.24) is 5.32 Å². The molecule has 6 nitrogen and oxygen atoms in total. The zero-order valence-electron chi connectivity index (χ0n) is 11.6. The van der Waals surface area contributed by atoms with Crippen molar-refractivity contribution in [3.05, 3.63) is 37.4 Å². The van der Waals surface area contributed by atoms with Crippen molar-refractivity contribution in [2.45, 2.75) is 32.8 Å². The van der Waals surface area contributed by atoms with Gasteiger partial charge in [-0.05, 0) is 55.3 Å². The molecular weight excluding hydrogens is 375 g/mol. The maximum absolute atomic E-state index is 11.5. The molecule has 1 N–H and O–H groups in total. The summed E-state index contributed by atoms with van der Waals surface area (Å²) in [5.41, 5.74) is 0.497. The maximum Gasteiger partial charge on any atom is 0.407 e. The molecule has 1 amide bonds. The molecule has 1 rings (SSSR count). The summed E-state index contributed by atoms with van der Waals surface area (Å²) < 4.78 is 5.92. The Bertz CT molecular complexity index is 512. The number of nitrogens with zero attached hydrogens (tertiary/aromatic N) is 1. The van der Waals surface area contributed by atoms with E-state index in [1.807, 2.05) is 0 Å². The van der Waals surface area contributed by atoms with E-state index in [4.69, 9.17) is 4.74 Å². The molecule has 0 saturated carbocycles. The summed E-state index contributed by atoms with van der Waals surface area (Å²) in [4.78, 5) is 21.7. The summed E-state index contributed by atoms with van der Waals surface area (Å²) in [7, 11) is 0. The second kappa shape index (κ2) is 6.87. The minimum atomic E-state index is -0.522. The van der Waals surface area contributed by atoms with E-state index in [1.54, 1.807) is 26.8 Å². The predicted molar refractivity (Wildman–Crippen MR) is 83.8 cm³/mol. The van der Waals surface area contributed by atoms with E-state index in [2.05, 4.69) is 27.9 Å². The molecule has 0 unspecified atom stereocenters. The number of hydrogen-bond donors (Lipinski definition) is 1. The second-order valence-corrected chi connectivity index (χ2v) is 6.37. The molecule has 0 atom stereocenters. The van der Waals surface area contributed by atoms with Crippen molar-refractivity contribution in [2.24, 2.45) is 0 Å². The lowest BCUT2D eigenvalue weighted by Crippen LogP contribution is -2.33. The Labute approximate surface area is 131 Å². The van der Waals surface area contributed by atoms with Gasteiger partial charge in [-0.3, -0.25) is 10.1 Å². The number of carbonyl (C=O) groups excluding carboxylic acids is 1. The lowest BCUT2D eigenvalue weighted by molar-refractivity contribution is -0.385. The van der Waals surface area contributed by atoms with Crippen molar-refractivity contribution < 1.29 is 14.5 Å². The Morgan fingerprint density at radius 2 is 2.10 bits per heavy atom. The smallest absolute Gasteiger partial charge is 0.407 e. The number of rotatable bonds is 4. The highest BCUT2D eigenvalue weighted by molar-refractivity contribution is 14.1.